The predicted molar refractivity (Wildman–Crippen MR) is 129 cm³/mol. The van der Waals surface area contributed by atoms with Crippen LogP contribution in [-0.4, -0.2) is 65.2 Å². The molecular formula is C24H31ClN6O2. The van der Waals surface area contributed by atoms with Crippen LogP contribution in [0.5, 0.6) is 0 Å². The summed E-state index contributed by atoms with van der Waals surface area (Å²) in [5, 5.41) is 16.4. The number of benzene rings is 1. The molecule has 9 heteroatoms. The average molecular weight is 471 g/mol. The van der Waals surface area contributed by atoms with Crippen molar-refractivity contribution in [2.24, 2.45) is 11.8 Å². The number of halogens is 1. The average Bonchev–Trinajstić information content (AvgIpc) is 3.43. The molecule has 176 valence electrons. The number of anilines is 2. The molecule has 2 atom stereocenters. The maximum Gasteiger partial charge on any atom is 0.256 e. The van der Waals surface area contributed by atoms with E-state index in [-0.39, 0.29) is 18.6 Å². The summed E-state index contributed by atoms with van der Waals surface area (Å²) in [4.78, 5) is 27.0. The van der Waals surface area contributed by atoms with Crippen LogP contribution in [0, 0.1) is 11.8 Å². The number of aliphatic hydroxyl groups excluding tert-OH is 1. The largest absolute Gasteiger partial charge is 0.392 e. The molecular weight excluding hydrogens is 440 g/mol. The van der Waals surface area contributed by atoms with Gasteiger partial charge in [-0.15, -0.1) is 0 Å². The van der Waals surface area contributed by atoms with Crippen LogP contribution in [0.4, 0.5) is 11.8 Å². The van der Waals surface area contributed by atoms with Crippen LogP contribution in [0.2, 0.25) is 5.02 Å². The Kier molecular flexibility index (Phi) is 6.40. The highest BCUT2D eigenvalue weighted by atomic mass is 35.5. The maximum absolute atomic E-state index is 13.1. The van der Waals surface area contributed by atoms with E-state index in [9.17, 15) is 9.90 Å². The summed E-state index contributed by atoms with van der Waals surface area (Å²) >= 11 is 6.25. The van der Waals surface area contributed by atoms with E-state index in [0.717, 1.165) is 56.4 Å². The van der Waals surface area contributed by atoms with Gasteiger partial charge in [-0.2, -0.15) is 4.98 Å². The second-order valence-corrected chi connectivity index (χ2v) is 9.99. The van der Waals surface area contributed by atoms with Gasteiger partial charge in [-0.25, -0.2) is 4.98 Å². The highest BCUT2D eigenvalue weighted by Gasteiger charge is 2.46. The van der Waals surface area contributed by atoms with Crippen LogP contribution in [0.15, 0.2) is 24.4 Å². The van der Waals surface area contributed by atoms with Gasteiger partial charge in [0.1, 0.15) is 11.4 Å². The first kappa shape index (κ1) is 22.4. The van der Waals surface area contributed by atoms with E-state index < -0.39 is 0 Å². The molecule has 0 spiro atoms. The zero-order valence-corrected chi connectivity index (χ0v) is 19.7. The first-order valence-electron chi connectivity index (χ1n) is 11.7. The van der Waals surface area contributed by atoms with Gasteiger partial charge in [0.05, 0.1) is 6.61 Å². The molecule has 1 amide bonds. The quantitative estimate of drug-likeness (QED) is 0.572. The van der Waals surface area contributed by atoms with E-state index in [1.54, 1.807) is 6.20 Å². The Balaban J connectivity index is 1.34. The molecule has 3 fully saturated rings. The number of hydrogen-bond donors (Lipinski definition) is 3. The Morgan fingerprint density at radius 1 is 1.24 bits per heavy atom. The normalized spacial score (nSPS) is 22.8. The van der Waals surface area contributed by atoms with Crippen LogP contribution in [0.25, 0.3) is 0 Å². The Morgan fingerprint density at radius 2 is 2.00 bits per heavy atom. The van der Waals surface area contributed by atoms with Gasteiger partial charge < -0.3 is 25.5 Å². The number of nitrogens with one attached hydrogen (secondary N) is 2. The minimum absolute atomic E-state index is 0.0963. The van der Waals surface area contributed by atoms with Crippen LogP contribution in [0.1, 0.15) is 40.7 Å². The molecule has 1 saturated carbocycles. The number of rotatable bonds is 7. The zero-order valence-electron chi connectivity index (χ0n) is 18.9. The van der Waals surface area contributed by atoms with Gasteiger partial charge in [0.2, 0.25) is 5.95 Å². The lowest BCUT2D eigenvalue weighted by Gasteiger charge is -2.29. The fourth-order valence-corrected chi connectivity index (χ4v) is 5.08. The molecule has 1 aliphatic carbocycles. The van der Waals surface area contributed by atoms with E-state index in [1.165, 1.54) is 6.42 Å². The van der Waals surface area contributed by atoms with Gasteiger partial charge in [-0.3, -0.25) is 4.79 Å². The fraction of sp³-hybridized carbons (Fsp3) is 0.542. The third kappa shape index (κ3) is 5.08. The number of piperidine rings is 2. The van der Waals surface area contributed by atoms with E-state index >= 15 is 0 Å². The minimum Gasteiger partial charge on any atom is -0.392 e. The maximum atomic E-state index is 13.1. The van der Waals surface area contributed by atoms with Crippen molar-refractivity contribution in [1.29, 1.82) is 0 Å². The summed E-state index contributed by atoms with van der Waals surface area (Å²) in [5.74, 6) is 2.60. The molecule has 2 saturated heterocycles. The van der Waals surface area contributed by atoms with Crippen molar-refractivity contribution in [3.63, 3.8) is 0 Å². The van der Waals surface area contributed by atoms with Crippen molar-refractivity contribution in [2.75, 3.05) is 43.4 Å². The molecule has 2 aromatic rings. The van der Waals surface area contributed by atoms with E-state index in [2.05, 4.69) is 32.5 Å². The molecule has 0 bridgehead atoms. The molecule has 3 heterocycles. The van der Waals surface area contributed by atoms with Gasteiger partial charge in [0.15, 0.2) is 0 Å². The topological polar surface area (TPSA) is 93.6 Å². The summed E-state index contributed by atoms with van der Waals surface area (Å²) < 4.78 is 0. The molecule has 33 heavy (non-hydrogen) atoms. The number of amides is 1. The number of aliphatic hydroxyl groups is 1. The minimum atomic E-state index is -0.142. The molecule has 0 radical (unpaired) electrons. The number of hydrogen-bond acceptors (Lipinski definition) is 7. The molecule has 3 aliphatic rings. The number of likely N-dealkylation sites (tertiary alicyclic amines) is 1. The van der Waals surface area contributed by atoms with Crippen LogP contribution in [-0.2, 0) is 13.2 Å². The van der Waals surface area contributed by atoms with Crippen LogP contribution >= 0.6 is 11.6 Å². The Bertz CT molecular complexity index is 1020. The smallest absolute Gasteiger partial charge is 0.256 e. The van der Waals surface area contributed by atoms with E-state index in [1.807, 2.05) is 18.2 Å². The molecule has 5 rings (SSSR count). The lowest BCUT2D eigenvalue weighted by atomic mass is 10.1. The Labute approximate surface area is 199 Å². The molecule has 3 N–H and O–H groups in total. The van der Waals surface area contributed by atoms with E-state index in [0.29, 0.717) is 34.5 Å². The van der Waals surface area contributed by atoms with Gasteiger partial charge in [-0.1, -0.05) is 23.7 Å². The van der Waals surface area contributed by atoms with Crippen molar-refractivity contribution < 1.29 is 9.90 Å². The van der Waals surface area contributed by atoms with Crippen LogP contribution in [0.3, 0.4) is 0 Å². The zero-order chi connectivity index (χ0) is 22.9. The van der Waals surface area contributed by atoms with Crippen molar-refractivity contribution in [3.05, 3.63) is 46.1 Å². The summed E-state index contributed by atoms with van der Waals surface area (Å²) in [6.45, 7) is 4.30. The van der Waals surface area contributed by atoms with E-state index in [4.69, 9.17) is 16.6 Å². The van der Waals surface area contributed by atoms with Crippen LogP contribution < -0.4 is 15.5 Å². The van der Waals surface area contributed by atoms with Gasteiger partial charge in [0.25, 0.3) is 5.91 Å². The SMILES string of the molecule is CN1CCC(NC(=O)c2cnc(N3CC4CC4C3)nc2NCc2ccc(CO)c(Cl)c2)CC1. The van der Waals surface area contributed by atoms with Crippen molar-refractivity contribution in [1.82, 2.24) is 20.2 Å². The molecule has 1 aromatic heterocycles. The number of carbonyl (C=O) groups excluding carboxylic acids is 1. The molecule has 1 aromatic carbocycles. The number of fused-ring (bicyclic) bond motifs is 1. The summed E-state index contributed by atoms with van der Waals surface area (Å²) in [6.07, 6.45) is 4.84. The Morgan fingerprint density at radius 3 is 2.70 bits per heavy atom. The lowest BCUT2D eigenvalue weighted by molar-refractivity contribution is 0.0917. The lowest BCUT2D eigenvalue weighted by Crippen LogP contribution is -2.43. The molecule has 2 aliphatic heterocycles. The predicted octanol–water partition coefficient (Wildman–Crippen LogP) is 2.51. The second kappa shape index (κ2) is 9.44. The highest BCUT2D eigenvalue weighted by molar-refractivity contribution is 6.31. The summed E-state index contributed by atoms with van der Waals surface area (Å²) in [7, 11) is 2.11. The number of aromatic nitrogens is 2. The molecule has 2 unspecified atom stereocenters. The van der Waals surface area contributed by atoms with Gasteiger partial charge in [0, 0.05) is 36.9 Å². The number of carbonyl (C=O) groups is 1. The fourth-order valence-electron chi connectivity index (χ4n) is 4.82. The van der Waals surface area contributed by atoms with Crippen molar-refractivity contribution in [2.45, 2.75) is 38.5 Å². The number of nitrogens with zero attached hydrogens (tertiary/aromatic N) is 4. The summed E-state index contributed by atoms with van der Waals surface area (Å²) in [6, 6.07) is 5.72. The standard InChI is InChI=1S/C24H31ClN6O2/c1-30-6-4-19(5-7-30)28-23(33)20-11-27-24(31-12-17-9-18(17)13-31)29-22(20)26-10-15-2-3-16(14-32)21(25)8-15/h2-3,8,11,17-19,32H,4-7,9-10,12-14H2,1H3,(H,28,33)(H,26,27,29). The molecule has 8 nitrogen and oxygen atoms in total. The second-order valence-electron chi connectivity index (χ2n) is 9.58. The summed E-state index contributed by atoms with van der Waals surface area (Å²) in [5.41, 5.74) is 2.09. The van der Waals surface area contributed by atoms with Gasteiger partial charge in [-0.05, 0) is 68.4 Å². The Hall–Kier alpha value is -2.42. The third-order valence-electron chi connectivity index (χ3n) is 7.08. The monoisotopic (exact) mass is 470 g/mol. The van der Waals surface area contributed by atoms with Crippen molar-refractivity contribution >= 4 is 29.3 Å². The first-order valence-corrected chi connectivity index (χ1v) is 12.1. The highest BCUT2D eigenvalue weighted by Crippen LogP contribution is 2.45. The van der Waals surface area contributed by atoms with Gasteiger partial charge >= 0.3 is 0 Å². The van der Waals surface area contributed by atoms with Crippen molar-refractivity contribution in [3.8, 4) is 0 Å². The first-order chi connectivity index (χ1) is 16.0. The third-order valence-corrected chi connectivity index (χ3v) is 7.44.